The maximum absolute atomic E-state index is 11.6. The van der Waals surface area contributed by atoms with E-state index in [0.29, 0.717) is 12.1 Å². The first-order valence-electron chi connectivity index (χ1n) is 6.35. The van der Waals surface area contributed by atoms with E-state index < -0.39 is 11.2 Å². The molecule has 1 aliphatic heterocycles. The molecule has 1 amide bonds. The Kier molecular flexibility index (Phi) is 3.45. The maximum Gasteiger partial charge on any atom is 0.330 e. The predicted molar refractivity (Wildman–Crippen MR) is 74.5 cm³/mol. The molecule has 1 aliphatic rings. The van der Waals surface area contributed by atoms with E-state index in [-0.39, 0.29) is 5.91 Å². The molecule has 0 fully saturated rings. The van der Waals surface area contributed by atoms with Gasteiger partial charge in [0.2, 0.25) is 0 Å². The van der Waals surface area contributed by atoms with Crippen molar-refractivity contribution in [3.05, 3.63) is 29.3 Å². The Morgan fingerprint density at radius 2 is 2.00 bits per heavy atom. The topological polar surface area (TPSA) is 58.6 Å². The molecule has 0 saturated heterocycles. The lowest BCUT2D eigenvalue weighted by molar-refractivity contribution is -0.0893. The number of fused-ring (bicyclic) bond motifs is 1. The molecule has 1 radical (unpaired) electrons. The van der Waals surface area contributed by atoms with Gasteiger partial charge in [0.15, 0.2) is 0 Å². The SMILES string of the molecule is CC(C)(O)C(C)(C)O[B]c1ccc2c(c1)C(=O)NC2. The van der Waals surface area contributed by atoms with Gasteiger partial charge in [0, 0.05) is 12.1 Å². The average molecular weight is 260 g/mol. The largest absolute Gasteiger partial charge is 0.427 e. The molecule has 101 valence electrons. The Balaban J connectivity index is 2.09. The normalized spacial score (nSPS) is 15.1. The minimum absolute atomic E-state index is 0.0491. The highest BCUT2D eigenvalue weighted by Gasteiger charge is 2.35. The molecule has 0 aliphatic carbocycles. The molecule has 2 N–H and O–H groups in total. The third-order valence-corrected chi connectivity index (χ3v) is 3.78. The quantitative estimate of drug-likeness (QED) is 0.785. The van der Waals surface area contributed by atoms with Gasteiger partial charge in [-0.25, -0.2) is 0 Å². The number of nitrogens with one attached hydrogen (secondary N) is 1. The van der Waals surface area contributed by atoms with E-state index in [4.69, 9.17) is 4.65 Å². The van der Waals surface area contributed by atoms with E-state index >= 15 is 0 Å². The summed E-state index contributed by atoms with van der Waals surface area (Å²) in [5.74, 6) is -0.0491. The highest BCUT2D eigenvalue weighted by Crippen LogP contribution is 2.24. The van der Waals surface area contributed by atoms with Crippen molar-refractivity contribution in [2.24, 2.45) is 0 Å². The van der Waals surface area contributed by atoms with Crippen molar-refractivity contribution in [2.45, 2.75) is 45.4 Å². The minimum Gasteiger partial charge on any atom is -0.427 e. The lowest BCUT2D eigenvalue weighted by atomic mass is 9.81. The molecule has 0 saturated carbocycles. The van der Waals surface area contributed by atoms with Crippen LogP contribution in [0.2, 0.25) is 0 Å². The van der Waals surface area contributed by atoms with Crippen molar-refractivity contribution in [2.75, 3.05) is 0 Å². The summed E-state index contributed by atoms with van der Waals surface area (Å²) >= 11 is 0. The summed E-state index contributed by atoms with van der Waals surface area (Å²) in [6, 6.07) is 5.62. The molecular formula is C14H19BNO3. The molecule has 0 unspecified atom stereocenters. The molecule has 0 spiro atoms. The van der Waals surface area contributed by atoms with Crippen LogP contribution in [0.25, 0.3) is 0 Å². The Bertz CT molecular complexity index is 506. The first-order chi connectivity index (χ1) is 8.71. The van der Waals surface area contributed by atoms with Crippen LogP contribution >= 0.6 is 0 Å². The summed E-state index contributed by atoms with van der Waals surface area (Å²) in [6.07, 6.45) is 0. The highest BCUT2D eigenvalue weighted by atomic mass is 16.5. The molecule has 0 bridgehead atoms. The van der Waals surface area contributed by atoms with Gasteiger partial charge in [-0.05, 0) is 33.3 Å². The second-order valence-electron chi connectivity index (χ2n) is 5.90. The van der Waals surface area contributed by atoms with Crippen LogP contribution in [0.15, 0.2) is 18.2 Å². The van der Waals surface area contributed by atoms with Gasteiger partial charge < -0.3 is 15.1 Å². The lowest BCUT2D eigenvalue weighted by Crippen LogP contribution is -2.49. The first-order valence-corrected chi connectivity index (χ1v) is 6.35. The highest BCUT2D eigenvalue weighted by molar-refractivity contribution is 6.47. The van der Waals surface area contributed by atoms with Crippen molar-refractivity contribution in [3.63, 3.8) is 0 Å². The van der Waals surface area contributed by atoms with Crippen LogP contribution in [0.4, 0.5) is 0 Å². The van der Waals surface area contributed by atoms with Crippen LogP contribution in [0.5, 0.6) is 0 Å². The van der Waals surface area contributed by atoms with Crippen LogP contribution in [-0.4, -0.2) is 29.7 Å². The maximum atomic E-state index is 11.6. The van der Waals surface area contributed by atoms with E-state index in [1.54, 1.807) is 27.4 Å². The molecule has 2 rings (SSSR count). The fraction of sp³-hybridized carbons (Fsp3) is 0.500. The van der Waals surface area contributed by atoms with E-state index in [0.717, 1.165) is 11.0 Å². The van der Waals surface area contributed by atoms with Gasteiger partial charge >= 0.3 is 7.48 Å². The second-order valence-corrected chi connectivity index (χ2v) is 5.90. The minimum atomic E-state index is -0.961. The summed E-state index contributed by atoms with van der Waals surface area (Å²) in [5, 5.41) is 12.8. The van der Waals surface area contributed by atoms with Crippen LogP contribution in [0, 0.1) is 0 Å². The number of hydrogen-bond acceptors (Lipinski definition) is 3. The van der Waals surface area contributed by atoms with Gasteiger partial charge in [0.1, 0.15) is 0 Å². The smallest absolute Gasteiger partial charge is 0.330 e. The van der Waals surface area contributed by atoms with E-state index in [2.05, 4.69) is 5.32 Å². The summed E-state index contributed by atoms with van der Waals surface area (Å²) in [6.45, 7) is 7.64. The molecular weight excluding hydrogens is 241 g/mol. The summed E-state index contributed by atoms with van der Waals surface area (Å²) in [4.78, 5) is 11.6. The van der Waals surface area contributed by atoms with E-state index in [1.807, 2.05) is 26.0 Å². The third kappa shape index (κ3) is 2.82. The summed E-state index contributed by atoms with van der Waals surface area (Å²) < 4.78 is 5.67. The van der Waals surface area contributed by atoms with Crippen molar-refractivity contribution in [1.29, 1.82) is 0 Å². The number of hydrogen-bond donors (Lipinski definition) is 2. The molecule has 0 aromatic heterocycles. The van der Waals surface area contributed by atoms with Gasteiger partial charge in [0.05, 0.1) is 11.2 Å². The zero-order chi connectivity index (χ0) is 14.3. The van der Waals surface area contributed by atoms with Crippen LogP contribution < -0.4 is 10.8 Å². The van der Waals surface area contributed by atoms with Crippen molar-refractivity contribution >= 4 is 18.9 Å². The molecule has 0 atom stereocenters. The number of rotatable bonds is 4. The number of benzene rings is 1. The predicted octanol–water partition coefficient (Wildman–Crippen LogP) is 0.741. The van der Waals surface area contributed by atoms with Crippen molar-refractivity contribution in [1.82, 2.24) is 5.32 Å². The second kappa shape index (κ2) is 4.65. The Morgan fingerprint density at radius 1 is 1.32 bits per heavy atom. The monoisotopic (exact) mass is 260 g/mol. The van der Waals surface area contributed by atoms with Gasteiger partial charge in [0.25, 0.3) is 5.91 Å². The van der Waals surface area contributed by atoms with Gasteiger partial charge in [-0.15, -0.1) is 0 Å². The third-order valence-electron chi connectivity index (χ3n) is 3.78. The van der Waals surface area contributed by atoms with Crippen molar-refractivity contribution in [3.8, 4) is 0 Å². The molecule has 19 heavy (non-hydrogen) atoms. The van der Waals surface area contributed by atoms with E-state index in [9.17, 15) is 9.90 Å². The standard InChI is InChI=1S/C14H19BNO3/c1-13(2,18)14(3,4)19-15-10-6-5-9-8-16-12(17)11(9)7-10/h5-7,18H,8H2,1-4H3,(H,16,17). The van der Waals surface area contributed by atoms with Gasteiger partial charge in [-0.2, -0.15) is 0 Å². The van der Waals surface area contributed by atoms with Gasteiger partial charge in [-0.1, -0.05) is 23.7 Å². The Labute approximate surface area is 114 Å². The number of aliphatic hydroxyl groups is 1. The summed E-state index contributed by atoms with van der Waals surface area (Å²) in [7, 11) is 1.59. The Hall–Kier alpha value is -1.33. The Morgan fingerprint density at radius 3 is 2.63 bits per heavy atom. The average Bonchev–Trinajstić information content (AvgIpc) is 2.67. The molecule has 1 aromatic carbocycles. The van der Waals surface area contributed by atoms with Crippen LogP contribution in [0.1, 0.15) is 43.6 Å². The summed E-state index contributed by atoms with van der Waals surface area (Å²) in [5.41, 5.74) is 0.835. The molecule has 1 heterocycles. The molecule has 5 heteroatoms. The number of carbonyl (C=O) groups excluding carboxylic acids is 1. The fourth-order valence-corrected chi connectivity index (χ4v) is 1.66. The molecule has 1 aromatic rings. The first kappa shape index (κ1) is 14.1. The number of carbonyl (C=O) groups is 1. The molecule has 4 nitrogen and oxygen atoms in total. The van der Waals surface area contributed by atoms with Crippen LogP contribution in [-0.2, 0) is 11.2 Å². The van der Waals surface area contributed by atoms with Crippen molar-refractivity contribution < 1.29 is 14.6 Å². The zero-order valence-electron chi connectivity index (χ0n) is 11.8. The zero-order valence-corrected chi connectivity index (χ0v) is 11.8. The fourth-order valence-electron chi connectivity index (χ4n) is 1.66. The number of amides is 1. The van der Waals surface area contributed by atoms with Crippen LogP contribution in [0.3, 0.4) is 0 Å². The van der Waals surface area contributed by atoms with Gasteiger partial charge in [-0.3, -0.25) is 4.79 Å². The van der Waals surface area contributed by atoms with E-state index in [1.165, 1.54) is 0 Å². The lowest BCUT2D eigenvalue weighted by Gasteiger charge is -2.37.